The van der Waals surface area contributed by atoms with Crippen LogP contribution in [0.25, 0.3) is 0 Å². The third-order valence-corrected chi connectivity index (χ3v) is 3.42. The Morgan fingerprint density at radius 1 is 1.58 bits per heavy atom. The van der Waals surface area contributed by atoms with Crippen molar-refractivity contribution in [1.29, 1.82) is 5.26 Å². The summed E-state index contributed by atoms with van der Waals surface area (Å²) >= 11 is 5.81. The lowest BCUT2D eigenvalue weighted by Gasteiger charge is -2.21. The molecule has 5 nitrogen and oxygen atoms in total. The minimum absolute atomic E-state index is 0.172. The van der Waals surface area contributed by atoms with Gasteiger partial charge in [0.05, 0.1) is 6.07 Å². The van der Waals surface area contributed by atoms with Gasteiger partial charge in [-0.2, -0.15) is 5.26 Å². The fraction of sp³-hybridized carbons (Fsp3) is 0.462. The maximum absolute atomic E-state index is 11.8. The summed E-state index contributed by atoms with van der Waals surface area (Å²) in [5.74, 6) is 0.0418. The Morgan fingerprint density at radius 3 is 2.95 bits per heavy atom. The first-order chi connectivity index (χ1) is 9.15. The van der Waals surface area contributed by atoms with Crippen molar-refractivity contribution >= 4 is 17.5 Å². The van der Waals surface area contributed by atoms with E-state index >= 15 is 0 Å². The Labute approximate surface area is 116 Å². The number of amides is 1. The predicted octanol–water partition coefficient (Wildman–Crippen LogP) is 2.07. The van der Waals surface area contributed by atoms with Gasteiger partial charge in [-0.1, -0.05) is 11.6 Å². The average Bonchev–Trinajstić information content (AvgIpc) is 2.87. The maximum atomic E-state index is 11.8. The molecule has 0 bridgehead atoms. The van der Waals surface area contributed by atoms with Gasteiger partial charge in [0.1, 0.15) is 5.54 Å². The normalized spacial score (nSPS) is 16.6. The Bertz CT molecular complexity index is 507. The lowest BCUT2D eigenvalue weighted by Crippen LogP contribution is -2.47. The number of aromatic nitrogens is 1. The van der Waals surface area contributed by atoms with Gasteiger partial charge < -0.3 is 10.1 Å². The summed E-state index contributed by atoms with van der Waals surface area (Å²) in [5, 5.41) is 12.1. The summed E-state index contributed by atoms with van der Waals surface area (Å²) in [4.78, 5) is 15.6. The number of nitrogens with zero attached hydrogens (tertiary/aromatic N) is 2. The van der Waals surface area contributed by atoms with Gasteiger partial charge in [0, 0.05) is 6.20 Å². The van der Waals surface area contributed by atoms with Crippen LogP contribution in [0, 0.1) is 11.3 Å². The molecule has 0 aliphatic heterocycles. The van der Waals surface area contributed by atoms with E-state index in [2.05, 4.69) is 16.4 Å². The second-order valence-corrected chi connectivity index (χ2v) is 4.89. The molecule has 6 heteroatoms. The van der Waals surface area contributed by atoms with Crippen molar-refractivity contribution in [3.8, 4) is 11.8 Å². The third kappa shape index (κ3) is 3.36. The molecule has 1 aliphatic carbocycles. The predicted molar refractivity (Wildman–Crippen MR) is 69.7 cm³/mol. The van der Waals surface area contributed by atoms with Gasteiger partial charge in [-0.25, -0.2) is 4.98 Å². The minimum Gasteiger partial charge on any atom is -0.481 e. The van der Waals surface area contributed by atoms with Crippen LogP contribution < -0.4 is 10.1 Å². The Balaban J connectivity index is 1.89. The van der Waals surface area contributed by atoms with Crippen molar-refractivity contribution < 1.29 is 9.53 Å². The molecule has 19 heavy (non-hydrogen) atoms. The molecule has 0 saturated heterocycles. The maximum Gasteiger partial charge on any atom is 0.259 e. The van der Waals surface area contributed by atoms with Gasteiger partial charge in [-0.3, -0.25) is 4.79 Å². The molecular weight excluding hydrogens is 266 g/mol. The van der Waals surface area contributed by atoms with Crippen LogP contribution in [0.4, 0.5) is 0 Å². The highest BCUT2D eigenvalue weighted by atomic mass is 35.5. The fourth-order valence-corrected chi connectivity index (χ4v) is 2.34. The SMILES string of the molecule is N#CC1(NC(=O)COc2cccnc2Cl)CCCC1. The number of pyridine rings is 1. The highest BCUT2D eigenvalue weighted by Crippen LogP contribution is 2.28. The number of rotatable bonds is 4. The molecule has 0 spiro atoms. The molecule has 1 saturated carbocycles. The molecule has 1 heterocycles. The summed E-state index contributed by atoms with van der Waals surface area (Å²) in [5.41, 5.74) is -0.723. The zero-order chi connectivity index (χ0) is 13.7. The van der Waals surface area contributed by atoms with E-state index in [-0.39, 0.29) is 17.7 Å². The van der Waals surface area contributed by atoms with Gasteiger partial charge in [-0.05, 0) is 37.8 Å². The van der Waals surface area contributed by atoms with Crippen LogP contribution in [0.1, 0.15) is 25.7 Å². The quantitative estimate of drug-likeness (QED) is 0.856. The summed E-state index contributed by atoms with van der Waals surface area (Å²) in [7, 11) is 0. The van der Waals surface area contributed by atoms with Gasteiger partial charge in [0.15, 0.2) is 17.5 Å². The van der Waals surface area contributed by atoms with Crippen LogP contribution in [-0.4, -0.2) is 23.0 Å². The molecule has 1 N–H and O–H groups in total. The number of hydrogen-bond acceptors (Lipinski definition) is 4. The van der Waals surface area contributed by atoms with Crippen molar-refractivity contribution in [1.82, 2.24) is 10.3 Å². The largest absolute Gasteiger partial charge is 0.481 e. The molecule has 100 valence electrons. The number of ether oxygens (including phenoxy) is 1. The Morgan fingerprint density at radius 2 is 2.32 bits per heavy atom. The molecule has 0 unspecified atom stereocenters. The highest BCUT2D eigenvalue weighted by Gasteiger charge is 2.35. The first-order valence-electron chi connectivity index (χ1n) is 6.11. The second-order valence-electron chi connectivity index (χ2n) is 4.53. The zero-order valence-electron chi connectivity index (χ0n) is 10.4. The number of carbonyl (C=O) groups excluding carboxylic acids is 1. The molecule has 1 aliphatic rings. The van der Waals surface area contributed by atoms with Crippen molar-refractivity contribution in [2.75, 3.05) is 6.61 Å². The van der Waals surface area contributed by atoms with Crippen LogP contribution in [0.15, 0.2) is 18.3 Å². The van der Waals surface area contributed by atoms with Crippen molar-refractivity contribution in [3.05, 3.63) is 23.5 Å². The summed E-state index contributed by atoms with van der Waals surface area (Å²) in [6.07, 6.45) is 4.86. The van der Waals surface area contributed by atoms with E-state index in [1.54, 1.807) is 18.3 Å². The smallest absolute Gasteiger partial charge is 0.259 e. The van der Waals surface area contributed by atoms with Crippen LogP contribution >= 0.6 is 11.6 Å². The van der Waals surface area contributed by atoms with Gasteiger partial charge >= 0.3 is 0 Å². The lowest BCUT2D eigenvalue weighted by atomic mass is 10.00. The molecule has 2 rings (SSSR count). The van der Waals surface area contributed by atoms with Gasteiger partial charge in [-0.15, -0.1) is 0 Å². The molecule has 0 atom stereocenters. The monoisotopic (exact) mass is 279 g/mol. The van der Waals surface area contributed by atoms with E-state index in [4.69, 9.17) is 21.6 Å². The lowest BCUT2D eigenvalue weighted by molar-refractivity contribution is -0.124. The van der Waals surface area contributed by atoms with E-state index in [0.29, 0.717) is 18.6 Å². The van der Waals surface area contributed by atoms with Crippen molar-refractivity contribution in [2.45, 2.75) is 31.2 Å². The first kappa shape index (κ1) is 13.6. The van der Waals surface area contributed by atoms with Crippen LogP contribution in [0.2, 0.25) is 5.15 Å². The second kappa shape index (κ2) is 5.89. The molecule has 1 fully saturated rings. The average molecular weight is 280 g/mol. The molecule has 1 aromatic heterocycles. The number of halogens is 1. The standard InChI is InChI=1S/C13H14ClN3O2/c14-12-10(4-3-7-16-12)19-8-11(18)17-13(9-15)5-1-2-6-13/h3-4,7H,1-2,5-6,8H2,(H,17,18). The number of nitriles is 1. The molecule has 0 radical (unpaired) electrons. The fourth-order valence-electron chi connectivity index (χ4n) is 2.17. The summed E-state index contributed by atoms with van der Waals surface area (Å²) in [6, 6.07) is 5.50. The molecular formula is C13H14ClN3O2. The molecule has 1 amide bonds. The van der Waals surface area contributed by atoms with E-state index in [1.165, 1.54) is 0 Å². The van der Waals surface area contributed by atoms with E-state index < -0.39 is 5.54 Å². The van der Waals surface area contributed by atoms with Crippen LogP contribution in [0.5, 0.6) is 5.75 Å². The van der Waals surface area contributed by atoms with Gasteiger partial charge in [0.25, 0.3) is 5.91 Å². The third-order valence-electron chi connectivity index (χ3n) is 3.13. The zero-order valence-corrected chi connectivity index (χ0v) is 11.1. The van der Waals surface area contributed by atoms with Crippen LogP contribution in [-0.2, 0) is 4.79 Å². The Hall–Kier alpha value is -1.80. The van der Waals surface area contributed by atoms with Crippen LogP contribution in [0.3, 0.4) is 0 Å². The number of nitrogens with one attached hydrogen (secondary N) is 1. The molecule has 0 aromatic carbocycles. The minimum atomic E-state index is -0.723. The van der Waals surface area contributed by atoms with E-state index in [1.807, 2.05) is 0 Å². The highest BCUT2D eigenvalue weighted by molar-refractivity contribution is 6.30. The number of carbonyl (C=O) groups is 1. The van der Waals surface area contributed by atoms with E-state index in [9.17, 15) is 4.79 Å². The summed E-state index contributed by atoms with van der Waals surface area (Å²) < 4.78 is 5.28. The van der Waals surface area contributed by atoms with E-state index in [0.717, 1.165) is 12.8 Å². The number of hydrogen-bond donors (Lipinski definition) is 1. The molecule has 1 aromatic rings. The Kier molecular flexibility index (Phi) is 4.23. The first-order valence-corrected chi connectivity index (χ1v) is 6.49. The van der Waals surface area contributed by atoms with Crippen molar-refractivity contribution in [3.63, 3.8) is 0 Å². The van der Waals surface area contributed by atoms with Crippen molar-refractivity contribution in [2.24, 2.45) is 0 Å². The summed E-state index contributed by atoms with van der Waals surface area (Å²) in [6.45, 7) is -0.172. The topological polar surface area (TPSA) is 75.0 Å². The van der Waals surface area contributed by atoms with Gasteiger partial charge in [0.2, 0.25) is 0 Å².